The highest BCUT2D eigenvalue weighted by atomic mass is 35.5. The van der Waals surface area contributed by atoms with Crippen LogP contribution in [-0.2, 0) is 0 Å². The van der Waals surface area contributed by atoms with Gasteiger partial charge in [-0.25, -0.2) is 0 Å². The number of benzene rings is 2. The Bertz CT molecular complexity index is 572. The van der Waals surface area contributed by atoms with Gasteiger partial charge < -0.3 is 15.4 Å². The molecule has 0 aliphatic heterocycles. The summed E-state index contributed by atoms with van der Waals surface area (Å²) in [6.45, 7) is 5.65. The van der Waals surface area contributed by atoms with E-state index in [1.807, 2.05) is 62.4 Å². The van der Waals surface area contributed by atoms with Gasteiger partial charge in [-0.05, 0) is 44.2 Å². The molecule has 0 bridgehead atoms. The molecule has 0 atom stereocenters. The molecule has 2 aromatic carbocycles. The molecule has 0 fully saturated rings. The molecule has 112 valence electrons. The third-order valence-electron chi connectivity index (χ3n) is 2.84. The normalized spacial score (nSPS) is 10.5. The maximum absolute atomic E-state index is 5.95. The summed E-state index contributed by atoms with van der Waals surface area (Å²) in [5.41, 5.74) is 2.04. The predicted octanol–water partition coefficient (Wildman–Crippen LogP) is 4.65. The maximum atomic E-state index is 5.95. The Balaban J connectivity index is 1.83. The highest BCUT2D eigenvalue weighted by Crippen LogP contribution is 2.24. The van der Waals surface area contributed by atoms with E-state index in [1.165, 1.54) is 0 Å². The van der Waals surface area contributed by atoms with Gasteiger partial charge in [0, 0.05) is 23.8 Å². The molecule has 0 saturated carbocycles. The van der Waals surface area contributed by atoms with E-state index in [9.17, 15) is 0 Å². The molecule has 2 aromatic rings. The van der Waals surface area contributed by atoms with Gasteiger partial charge in [0.25, 0.3) is 0 Å². The first kappa shape index (κ1) is 15.5. The lowest BCUT2D eigenvalue weighted by Gasteiger charge is -2.15. The summed E-state index contributed by atoms with van der Waals surface area (Å²) in [6, 6.07) is 15.7. The number of ether oxygens (including phenoxy) is 1. The third-order valence-corrected chi connectivity index (χ3v) is 3.08. The fourth-order valence-electron chi connectivity index (χ4n) is 1.97. The molecule has 0 aliphatic carbocycles. The first-order chi connectivity index (χ1) is 10.1. The zero-order valence-corrected chi connectivity index (χ0v) is 13.2. The van der Waals surface area contributed by atoms with E-state index >= 15 is 0 Å². The minimum absolute atomic E-state index is 0.164. The Morgan fingerprint density at radius 1 is 1.00 bits per heavy atom. The average molecular weight is 305 g/mol. The molecule has 3 nitrogen and oxygen atoms in total. The Morgan fingerprint density at radius 3 is 2.52 bits per heavy atom. The van der Waals surface area contributed by atoms with Gasteiger partial charge in [-0.3, -0.25) is 0 Å². The molecule has 21 heavy (non-hydrogen) atoms. The smallest absolute Gasteiger partial charge is 0.142 e. The van der Waals surface area contributed by atoms with Crippen molar-refractivity contribution >= 4 is 23.0 Å². The van der Waals surface area contributed by atoms with Crippen LogP contribution in [0.2, 0.25) is 5.02 Å². The second-order valence-electron chi connectivity index (χ2n) is 5.03. The molecule has 0 spiro atoms. The Hall–Kier alpha value is -1.87. The van der Waals surface area contributed by atoms with Gasteiger partial charge in [0.05, 0.1) is 11.8 Å². The standard InChI is InChI=1S/C17H21ClN2O/c1-13(2)21-17-9-4-3-8-16(17)20-11-10-19-15-7-5-6-14(18)12-15/h3-9,12-13,19-20H,10-11H2,1-2H3. The van der Waals surface area contributed by atoms with Crippen molar-refractivity contribution in [3.8, 4) is 5.75 Å². The maximum Gasteiger partial charge on any atom is 0.142 e. The molecule has 4 heteroatoms. The number of anilines is 2. The zero-order valence-electron chi connectivity index (χ0n) is 12.4. The van der Waals surface area contributed by atoms with E-state index in [2.05, 4.69) is 10.6 Å². The second kappa shape index (κ2) is 7.79. The van der Waals surface area contributed by atoms with Crippen LogP contribution in [0.5, 0.6) is 5.75 Å². The summed E-state index contributed by atoms with van der Waals surface area (Å²) in [4.78, 5) is 0. The molecule has 2 N–H and O–H groups in total. The number of rotatable bonds is 7. The average Bonchev–Trinajstić information content (AvgIpc) is 2.45. The van der Waals surface area contributed by atoms with Crippen LogP contribution in [0.15, 0.2) is 48.5 Å². The number of para-hydroxylation sites is 2. The van der Waals surface area contributed by atoms with E-state index in [0.29, 0.717) is 0 Å². The molecule has 0 aliphatic rings. The van der Waals surface area contributed by atoms with E-state index in [0.717, 1.165) is 35.2 Å². The molecule has 0 amide bonds. The zero-order chi connectivity index (χ0) is 15.1. The second-order valence-corrected chi connectivity index (χ2v) is 5.46. The molecule has 0 aromatic heterocycles. The van der Waals surface area contributed by atoms with Crippen molar-refractivity contribution in [2.45, 2.75) is 20.0 Å². The fourth-order valence-corrected chi connectivity index (χ4v) is 2.16. The predicted molar refractivity (Wildman–Crippen MR) is 90.6 cm³/mol. The molecule has 0 radical (unpaired) electrons. The molecular formula is C17H21ClN2O. The van der Waals surface area contributed by atoms with Crippen molar-refractivity contribution in [3.63, 3.8) is 0 Å². The van der Waals surface area contributed by atoms with E-state index in [1.54, 1.807) is 0 Å². The Morgan fingerprint density at radius 2 is 1.76 bits per heavy atom. The van der Waals surface area contributed by atoms with Crippen LogP contribution in [0.25, 0.3) is 0 Å². The van der Waals surface area contributed by atoms with Crippen molar-refractivity contribution in [2.24, 2.45) is 0 Å². The number of hydrogen-bond donors (Lipinski definition) is 2. The minimum Gasteiger partial charge on any atom is -0.489 e. The summed E-state index contributed by atoms with van der Waals surface area (Å²) in [5, 5.41) is 7.45. The van der Waals surface area contributed by atoms with Crippen LogP contribution in [0.1, 0.15) is 13.8 Å². The van der Waals surface area contributed by atoms with Crippen molar-refractivity contribution in [2.75, 3.05) is 23.7 Å². The number of nitrogens with one attached hydrogen (secondary N) is 2. The van der Waals surface area contributed by atoms with Crippen molar-refractivity contribution < 1.29 is 4.74 Å². The van der Waals surface area contributed by atoms with Crippen LogP contribution in [-0.4, -0.2) is 19.2 Å². The quantitative estimate of drug-likeness (QED) is 0.730. The van der Waals surface area contributed by atoms with Gasteiger partial charge in [-0.2, -0.15) is 0 Å². The summed E-state index contributed by atoms with van der Waals surface area (Å²) in [7, 11) is 0. The summed E-state index contributed by atoms with van der Waals surface area (Å²) in [5.74, 6) is 0.884. The first-order valence-corrected chi connectivity index (χ1v) is 7.52. The lowest BCUT2D eigenvalue weighted by Crippen LogP contribution is -2.15. The van der Waals surface area contributed by atoms with Crippen LogP contribution in [0.4, 0.5) is 11.4 Å². The Kier molecular flexibility index (Phi) is 5.76. The SMILES string of the molecule is CC(C)Oc1ccccc1NCCNc1cccc(Cl)c1. The lowest BCUT2D eigenvalue weighted by molar-refractivity contribution is 0.243. The molecular weight excluding hydrogens is 284 g/mol. The van der Waals surface area contributed by atoms with Gasteiger partial charge in [-0.15, -0.1) is 0 Å². The molecule has 0 heterocycles. The Labute approximate surface area is 131 Å². The van der Waals surface area contributed by atoms with Gasteiger partial charge in [0.15, 0.2) is 0 Å². The van der Waals surface area contributed by atoms with Crippen molar-refractivity contribution in [3.05, 3.63) is 53.6 Å². The van der Waals surface area contributed by atoms with Crippen molar-refractivity contribution in [1.82, 2.24) is 0 Å². The minimum atomic E-state index is 0.164. The summed E-state index contributed by atoms with van der Waals surface area (Å²) >= 11 is 5.95. The number of halogens is 1. The first-order valence-electron chi connectivity index (χ1n) is 7.14. The van der Waals surface area contributed by atoms with Gasteiger partial charge in [-0.1, -0.05) is 29.8 Å². The molecule has 2 rings (SSSR count). The highest BCUT2D eigenvalue weighted by Gasteiger charge is 2.03. The topological polar surface area (TPSA) is 33.3 Å². The molecule has 0 unspecified atom stereocenters. The van der Waals surface area contributed by atoms with E-state index in [4.69, 9.17) is 16.3 Å². The summed E-state index contributed by atoms with van der Waals surface area (Å²) < 4.78 is 5.78. The van der Waals surface area contributed by atoms with Gasteiger partial charge in [0.2, 0.25) is 0 Å². The van der Waals surface area contributed by atoms with Crippen LogP contribution in [0.3, 0.4) is 0 Å². The molecule has 0 saturated heterocycles. The summed E-state index contributed by atoms with van der Waals surface area (Å²) in [6.07, 6.45) is 0.164. The lowest BCUT2D eigenvalue weighted by atomic mass is 10.3. The largest absolute Gasteiger partial charge is 0.489 e. The monoisotopic (exact) mass is 304 g/mol. The third kappa shape index (κ3) is 5.20. The fraction of sp³-hybridized carbons (Fsp3) is 0.294. The van der Waals surface area contributed by atoms with E-state index in [-0.39, 0.29) is 6.10 Å². The van der Waals surface area contributed by atoms with Gasteiger partial charge >= 0.3 is 0 Å². The van der Waals surface area contributed by atoms with Crippen LogP contribution < -0.4 is 15.4 Å². The van der Waals surface area contributed by atoms with Crippen molar-refractivity contribution in [1.29, 1.82) is 0 Å². The van der Waals surface area contributed by atoms with Gasteiger partial charge in [0.1, 0.15) is 5.75 Å². The van der Waals surface area contributed by atoms with E-state index < -0.39 is 0 Å². The highest BCUT2D eigenvalue weighted by molar-refractivity contribution is 6.30. The van der Waals surface area contributed by atoms with Crippen LogP contribution >= 0.6 is 11.6 Å². The number of hydrogen-bond acceptors (Lipinski definition) is 3. The van der Waals surface area contributed by atoms with Crippen LogP contribution in [0, 0.1) is 0 Å².